The van der Waals surface area contributed by atoms with Gasteiger partial charge in [0.15, 0.2) is 5.82 Å². The predicted molar refractivity (Wildman–Crippen MR) is 147 cm³/mol. The van der Waals surface area contributed by atoms with Crippen LogP contribution in [0.3, 0.4) is 0 Å². The van der Waals surface area contributed by atoms with Crippen molar-refractivity contribution in [3.8, 4) is 0 Å². The van der Waals surface area contributed by atoms with E-state index in [1.165, 1.54) is 18.2 Å². The van der Waals surface area contributed by atoms with E-state index < -0.39 is 28.6 Å². The second kappa shape index (κ2) is 11.6. The average molecular weight is 561 g/mol. The summed E-state index contributed by atoms with van der Waals surface area (Å²) in [4.78, 5) is 20.2. The molecule has 3 aromatic rings. The third-order valence-electron chi connectivity index (χ3n) is 6.99. The highest BCUT2D eigenvalue weighted by atomic mass is 35.5. The molecule has 4 N–H and O–H groups in total. The lowest BCUT2D eigenvalue weighted by molar-refractivity contribution is -0.162. The lowest BCUT2D eigenvalue weighted by Gasteiger charge is -2.44. The van der Waals surface area contributed by atoms with Crippen molar-refractivity contribution in [2.45, 2.75) is 65.1 Å². The quantitative estimate of drug-likeness (QED) is 0.305. The number of nitrogens with zero attached hydrogens (tertiary/aromatic N) is 3. The Morgan fingerprint density at radius 2 is 2.08 bits per heavy atom. The van der Waals surface area contributed by atoms with Gasteiger partial charge in [-0.25, -0.2) is 13.8 Å². The van der Waals surface area contributed by atoms with Crippen LogP contribution in [-0.4, -0.2) is 50.8 Å². The minimum atomic E-state index is -1.04. The number of nitrogens with one attached hydrogen (secondary N) is 2. The van der Waals surface area contributed by atoms with Gasteiger partial charge in [0.25, 0.3) is 0 Å². The largest absolute Gasteiger partial charge is 0.463 e. The van der Waals surface area contributed by atoms with Gasteiger partial charge >= 0.3 is 5.97 Å². The Bertz CT molecular complexity index is 1330. The van der Waals surface area contributed by atoms with E-state index in [0.29, 0.717) is 43.1 Å². The van der Waals surface area contributed by atoms with Gasteiger partial charge in [-0.1, -0.05) is 23.7 Å². The molecule has 1 unspecified atom stereocenters. The summed E-state index contributed by atoms with van der Waals surface area (Å²) >= 11 is 5.98. The van der Waals surface area contributed by atoms with E-state index in [-0.39, 0.29) is 29.8 Å². The fourth-order valence-electron chi connectivity index (χ4n) is 4.93. The Balaban J connectivity index is 1.58. The Morgan fingerprint density at radius 1 is 1.31 bits per heavy atom. The molecule has 2 aromatic heterocycles. The number of hydrogen-bond donors (Lipinski definition) is 3. The molecule has 2 atom stereocenters. The summed E-state index contributed by atoms with van der Waals surface area (Å²) in [6.07, 6.45) is 0.790. The van der Waals surface area contributed by atoms with Gasteiger partial charge in [-0.15, -0.1) is 0 Å². The Labute approximate surface area is 232 Å². The molecule has 210 valence electrons. The number of carbonyl (C=O) groups excluding carboxylic acids is 1. The normalized spacial score (nSPS) is 20.2. The van der Waals surface area contributed by atoms with Gasteiger partial charge in [0.05, 0.1) is 16.1 Å². The maximum Gasteiger partial charge on any atom is 0.312 e. The van der Waals surface area contributed by atoms with Gasteiger partial charge in [0.1, 0.15) is 24.1 Å². The second-order valence-corrected chi connectivity index (χ2v) is 11.6. The number of hydrogen-bond acceptors (Lipinski definition) is 7. The van der Waals surface area contributed by atoms with Crippen LogP contribution in [0.1, 0.15) is 50.6 Å². The summed E-state index contributed by atoms with van der Waals surface area (Å²) in [7, 11) is 0. The molecule has 0 aliphatic carbocycles. The molecule has 3 heterocycles. The molecule has 0 spiro atoms. The second-order valence-electron chi connectivity index (χ2n) is 11.2. The molecule has 0 amide bonds. The van der Waals surface area contributed by atoms with Crippen molar-refractivity contribution in [2.24, 2.45) is 11.1 Å². The number of aryl methyl sites for hydroxylation is 1. The number of carbonyl (C=O) groups is 1. The first-order valence-electron chi connectivity index (χ1n) is 12.9. The van der Waals surface area contributed by atoms with Crippen LogP contribution < -0.4 is 11.1 Å². The molecule has 0 radical (unpaired) electrons. The first-order valence-corrected chi connectivity index (χ1v) is 13.3. The number of likely N-dealkylation sites (tertiary alicyclic amines) is 1. The van der Waals surface area contributed by atoms with E-state index >= 15 is 4.39 Å². The number of pyridine rings is 1. The van der Waals surface area contributed by atoms with Gasteiger partial charge < -0.3 is 15.8 Å². The van der Waals surface area contributed by atoms with E-state index in [0.717, 1.165) is 5.69 Å². The van der Waals surface area contributed by atoms with E-state index in [4.69, 9.17) is 22.1 Å². The van der Waals surface area contributed by atoms with Crippen LogP contribution in [0.25, 0.3) is 0 Å². The molecule has 1 aromatic carbocycles. The first-order chi connectivity index (χ1) is 18.3. The molecule has 1 saturated heterocycles. The van der Waals surface area contributed by atoms with Crippen LogP contribution in [0.2, 0.25) is 5.02 Å². The monoisotopic (exact) mass is 560 g/mol. The van der Waals surface area contributed by atoms with Crippen LogP contribution >= 0.6 is 11.6 Å². The maximum atomic E-state index is 15.1. The average Bonchev–Trinajstić information content (AvgIpc) is 3.28. The molecule has 1 aliphatic heterocycles. The Morgan fingerprint density at radius 3 is 2.74 bits per heavy atom. The van der Waals surface area contributed by atoms with Crippen molar-refractivity contribution in [3.63, 3.8) is 0 Å². The molecule has 8 nitrogen and oxygen atoms in total. The zero-order chi connectivity index (χ0) is 28.4. The number of benzene rings is 1. The summed E-state index contributed by atoms with van der Waals surface area (Å²) in [6.45, 7) is 8.21. The van der Waals surface area contributed by atoms with Crippen LogP contribution in [0.4, 0.5) is 20.4 Å². The number of rotatable bonds is 9. The van der Waals surface area contributed by atoms with Crippen molar-refractivity contribution < 1.29 is 18.3 Å². The zero-order valence-electron chi connectivity index (χ0n) is 22.7. The highest BCUT2D eigenvalue weighted by molar-refractivity contribution is 6.30. The summed E-state index contributed by atoms with van der Waals surface area (Å²) < 4.78 is 35.4. The molecule has 1 aliphatic rings. The number of anilines is 2. The SMILES string of the molecule is Cc1cc(Nc2ccc(F)c(C[C@@]3(C(=O)OCC(C)(C)N)CCN(Cc4cccc(Cl)c4F)C(C)C3)n2)n[nH]1. The molecular weight excluding hydrogens is 526 g/mol. The van der Waals surface area contributed by atoms with Gasteiger partial charge in [0.2, 0.25) is 0 Å². The van der Waals surface area contributed by atoms with Gasteiger partial charge in [-0.2, -0.15) is 5.10 Å². The van der Waals surface area contributed by atoms with Crippen LogP contribution in [0.5, 0.6) is 0 Å². The molecule has 0 saturated carbocycles. The molecule has 0 bridgehead atoms. The lowest BCUT2D eigenvalue weighted by Crippen LogP contribution is -2.51. The van der Waals surface area contributed by atoms with Crippen LogP contribution in [-0.2, 0) is 22.5 Å². The molecule has 1 fully saturated rings. The van der Waals surface area contributed by atoms with Crippen molar-refractivity contribution in [1.82, 2.24) is 20.1 Å². The number of aromatic amines is 1. The minimum Gasteiger partial charge on any atom is -0.463 e. The first kappa shape index (κ1) is 28.9. The summed E-state index contributed by atoms with van der Waals surface area (Å²) in [5.41, 5.74) is 5.81. The third-order valence-corrected chi connectivity index (χ3v) is 7.28. The van der Waals surface area contributed by atoms with Crippen LogP contribution in [0.15, 0.2) is 36.4 Å². The van der Waals surface area contributed by atoms with E-state index in [2.05, 4.69) is 25.4 Å². The summed E-state index contributed by atoms with van der Waals surface area (Å²) in [6, 6.07) is 9.45. The number of aromatic nitrogens is 3. The number of H-pyrrole nitrogens is 1. The third kappa shape index (κ3) is 7.12. The summed E-state index contributed by atoms with van der Waals surface area (Å²) in [5, 5.41) is 10.1. The predicted octanol–water partition coefficient (Wildman–Crippen LogP) is 5.28. The number of nitrogens with two attached hydrogens (primary N) is 1. The van der Waals surface area contributed by atoms with Gasteiger partial charge in [-0.3, -0.25) is 14.8 Å². The molecule has 4 rings (SSSR count). The smallest absolute Gasteiger partial charge is 0.312 e. The number of esters is 1. The van der Waals surface area contributed by atoms with Crippen LogP contribution in [0, 0.1) is 24.0 Å². The van der Waals surface area contributed by atoms with E-state index in [9.17, 15) is 9.18 Å². The fraction of sp³-hybridized carbons (Fsp3) is 0.464. The van der Waals surface area contributed by atoms with Gasteiger partial charge in [-0.05, 0) is 65.3 Å². The maximum absolute atomic E-state index is 15.1. The minimum absolute atomic E-state index is 0.0232. The molecule has 39 heavy (non-hydrogen) atoms. The van der Waals surface area contributed by atoms with E-state index in [1.54, 1.807) is 32.0 Å². The highest BCUT2D eigenvalue weighted by Gasteiger charge is 2.46. The summed E-state index contributed by atoms with van der Waals surface area (Å²) in [5.74, 6) is -0.445. The van der Waals surface area contributed by atoms with Crippen molar-refractivity contribution in [3.05, 3.63) is 70.0 Å². The lowest BCUT2D eigenvalue weighted by atomic mass is 9.72. The Hall–Kier alpha value is -3.08. The topological polar surface area (TPSA) is 109 Å². The van der Waals surface area contributed by atoms with Crippen molar-refractivity contribution in [1.29, 1.82) is 0 Å². The number of halogens is 3. The van der Waals surface area contributed by atoms with Gasteiger partial charge in [0, 0.05) is 41.9 Å². The molecular formula is C28H35ClF2N6O2. The van der Waals surface area contributed by atoms with Crippen molar-refractivity contribution in [2.75, 3.05) is 18.5 Å². The zero-order valence-corrected chi connectivity index (χ0v) is 23.4. The fourth-order valence-corrected chi connectivity index (χ4v) is 5.13. The van der Waals surface area contributed by atoms with E-state index in [1.807, 2.05) is 13.8 Å². The Kier molecular flexibility index (Phi) is 8.58. The standard InChI is InChI=1S/C28H35ClF2N6O2/c1-17-12-24(36-35-17)34-23-9-8-21(30)22(33-23)14-28(26(38)39-16-27(3,4)32)10-11-37(18(2)13-28)15-19-6-5-7-20(29)25(19)31/h5-9,12,18H,10-11,13-16,32H2,1-4H3,(H2,33,34,35,36)/t18?,28-/m1/s1. The highest BCUT2D eigenvalue weighted by Crippen LogP contribution is 2.40. The number of piperidine rings is 1. The van der Waals surface area contributed by atoms with Crippen molar-refractivity contribution >= 4 is 29.2 Å². The number of ether oxygens (including phenoxy) is 1. The molecule has 11 heteroatoms.